The van der Waals surface area contributed by atoms with Crippen LogP contribution in [0, 0.1) is 5.92 Å². The predicted octanol–water partition coefficient (Wildman–Crippen LogP) is 5.79. The Hall–Kier alpha value is -1.38. The van der Waals surface area contributed by atoms with E-state index in [0.29, 0.717) is 0 Å². The summed E-state index contributed by atoms with van der Waals surface area (Å²) < 4.78 is 0. The summed E-state index contributed by atoms with van der Waals surface area (Å²) in [6.07, 6.45) is 0. The van der Waals surface area contributed by atoms with Gasteiger partial charge in [-0.05, 0) is 34.8 Å². The molecule has 0 radical (unpaired) electrons. The second kappa shape index (κ2) is 12.0. The fourth-order valence-electron chi connectivity index (χ4n) is 2.41. The molecular formula is C21H39NO2. The smallest absolute Gasteiger partial charge is 0.254 e. The first-order chi connectivity index (χ1) is 11.0. The van der Waals surface area contributed by atoms with E-state index >= 15 is 0 Å². The Morgan fingerprint density at radius 3 is 1.38 bits per heavy atom. The molecule has 0 aliphatic heterocycles. The lowest BCUT2D eigenvalue weighted by atomic mass is 9.86. The SMILES string of the molecule is CC.CC(C)C.CC(C)c1cc(=O)[nH]c(=O)c(C(C)C)c1C(C)C. The maximum atomic E-state index is 12.1. The lowest BCUT2D eigenvalue weighted by Gasteiger charge is -2.18. The highest BCUT2D eigenvalue weighted by Crippen LogP contribution is 2.29. The van der Waals surface area contributed by atoms with Gasteiger partial charge < -0.3 is 0 Å². The zero-order chi connectivity index (χ0) is 19.6. The second-order valence-electron chi connectivity index (χ2n) is 7.44. The summed E-state index contributed by atoms with van der Waals surface area (Å²) in [4.78, 5) is 26.3. The monoisotopic (exact) mass is 337 g/mol. The molecule has 1 heterocycles. The number of aromatic nitrogens is 1. The summed E-state index contributed by atoms with van der Waals surface area (Å²) in [7, 11) is 0. The minimum atomic E-state index is -0.308. The van der Waals surface area contributed by atoms with E-state index in [-0.39, 0.29) is 28.9 Å². The molecule has 0 spiro atoms. The standard InChI is InChI=1S/C15H23NO2.C4H10.C2H6/c1-8(2)11-7-12(17)16-15(18)14(10(5)6)13(11)9(3)4;1-4(2)3;1-2/h7-10H,1-6H3,(H,16,17,18);4H,1-3H3;1-2H3. The van der Waals surface area contributed by atoms with Gasteiger partial charge in [0.15, 0.2) is 0 Å². The minimum Gasteiger partial charge on any atom is -0.289 e. The highest BCUT2D eigenvalue weighted by molar-refractivity contribution is 5.38. The highest BCUT2D eigenvalue weighted by atomic mass is 16.2. The normalized spacial score (nSPS) is 10.5. The molecule has 0 fully saturated rings. The van der Waals surface area contributed by atoms with E-state index in [1.54, 1.807) is 6.07 Å². The Morgan fingerprint density at radius 2 is 1.08 bits per heavy atom. The minimum absolute atomic E-state index is 0.107. The van der Waals surface area contributed by atoms with E-state index in [9.17, 15) is 9.59 Å². The zero-order valence-electron chi connectivity index (χ0n) is 17.7. The number of aromatic amines is 1. The lowest BCUT2D eigenvalue weighted by Crippen LogP contribution is -2.19. The van der Waals surface area contributed by atoms with Crippen molar-refractivity contribution in [3.8, 4) is 0 Å². The van der Waals surface area contributed by atoms with Gasteiger partial charge in [0, 0.05) is 11.6 Å². The summed E-state index contributed by atoms with van der Waals surface area (Å²) in [6.45, 7) is 22.7. The molecule has 1 aromatic heterocycles. The first kappa shape index (κ1) is 24.9. The van der Waals surface area contributed by atoms with Gasteiger partial charge in [0.05, 0.1) is 0 Å². The van der Waals surface area contributed by atoms with Crippen LogP contribution in [0.4, 0.5) is 0 Å². The molecule has 0 bridgehead atoms. The van der Waals surface area contributed by atoms with Crippen molar-refractivity contribution in [2.24, 2.45) is 5.92 Å². The molecule has 140 valence electrons. The van der Waals surface area contributed by atoms with Gasteiger partial charge in [-0.15, -0.1) is 0 Å². The van der Waals surface area contributed by atoms with Gasteiger partial charge in [-0.3, -0.25) is 14.6 Å². The van der Waals surface area contributed by atoms with Crippen LogP contribution >= 0.6 is 0 Å². The average molecular weight is 338 g/mol. The molecule has 0 unspecified atom stereocenters. The molecule has 3 heteroatoms. The van der Waals surface area contributed by atoms with Crippen molar-refractivity contribution in [2.45, 2.75) is 93.9 Å². The van der Waals surface area contributed by atoms with Gasteiger partial charge in [-0.1, -0.05) is 76.2 Å². The van der Waals surface area contributed by atoms with Crippen molar-refractivity contribution in [1.82, 2.24) is 4.98 Å². The molecular weight excluding hydrogens is 298 g/mol. The number of hydrogen-bond acceptors (Lipinski definition) is 2. The molecule has 3 nitrogen and oxygen atoms in total. The number of H-pyrrole nitrogens is 1. The van der Waals surface area contributed by atoms with Crippen LogP contribution in [0.1, 0.15) is 111 Å². The van der Waals surface area contributed by atoms with Crippen LogP contribution in [-0.2, 0) is 0 Å². The molecule has 0 saturated heterocycles. The molecule has 1 aromatic rings. The van der Waals surface area contributed by atoms with Crippen LogP contribution < -0.4 is 11.1 Å². The van der Waals surface area contributed by atoms with Crippen LogP contribution in [0.15, 0.2) is 15.7 Å². The molecule has 0 atom stereocenters. The van der Waals surface area contributed by atoms with Crippen LogP contribution in [0.5, 0.6) is 0 Å². The van der Waals surface area contributed by atoms with E-state index in [2.05, 4.69) is 53.5 Å². The summed E-state index contributed by atoms with van der Waals surface area (Å²) in [6, 6.07) is 1.58. The molecule has 1 N–H and O–H groups in total. The van der Waals surface area contributed by atoms with Gasteiger partial charge in [0.2, 0.25) is 0 Å². The lowest BCUT2D eigenvalue weighted by molar-refractivity contribution is 0.737. The van der Waals surface area contributed by atoms with Crippen molar-refractivity contribution < 1.29 is 0 Å². The van der Waals surface area contributed by atoms with Crippen molar-refractivity contribution >= 4 is 0 Å². The summed E-state index contributed by atoms with van der Waals surface area (Å²) in [5, 5.41) is 0. The third kappa shape index (κ3) is 8.47. The molecule has 0 aliphatic carbocycles. The van der Waals surface area contributed by atoms with Crippen LogP contribution in [0.2, 0.25) is 0 Å². The highest BCUT2D eigenvalue weighted by Gasteiger charge is 2.19. The summed E-state index contributed by atoms with van der Waals surface area (Å²) in [5.74, 6) is 1.40. The number of hydrogen-bond donors (Lipinski definition) is 1. The topological polar surface area (TPSA) is 49.9 Å². The van der Waals surface area contributed by atoms with Crippen LogP contribution in [0.25, 0.3) is 0 Å². The average Bonchev–Trinajstić information content (AvgIpc) is 2.55. The second-order valence-corrected chi connectivity index (χ2v) is 7.44. The molecule has 0 aliphatic rings. The van der Waals surface area contributed by atoms with E-state index in [4.69, 9.17) is 0 Å². The number of nitrogens with one attached hydrogen (secondary N) is 1. The predicted molar refractivity (Wildman–Crippen MR) is 107 cm³/mol. The first-order valence-electron chi connectivity index (χ1n) is 9.30. The Kier molecular flexibility index (Phi) is 12.5. The van der Waals surface area contributed by atoms with Gasteiger partial charge in [-0.2, -0.15) is 0 Å². The number of rotatable bonds is 3. The Bertz CT molecular complexity index is 579. The largest absolute Gasteiger partial charge is 0.289 e. The molecule has 24 heavy (non-hydrogen) atoms. The van der Waals surface area contributed by atoms with Crippen molar-refractivity contribution in [3.63, 3.8) is 0 Å². The van der Waals surface area contributed by atoms with Crippen molar-refractivity contribution in [2.75, 3.05) is 0 Å². The van der Waals surface area contributed by atoms with Gasteiger partial charge in [-0.25, -0.2) is 0 Å². The Labute approximate surface area is 148 Å². The van der Waals surface area contributed by atoms with E-state index < -0.39 is 0 Å². The quantitative estimate of drug-likeness (QED) is 0.758. The molecule has 0 amide bonds. The first-order valence-corrected chi connectivity index (χ1v) is 9.30. The summed E-state index contributed by atoms with van der Waals surface area (Å²) in [5.41, 5.74) is 2.21. The summed E-state index contributed by atoms with van der Waals surface area (Å²) >= 11 is 0. The van der Waals surface area contributed by atoms with Gasteiger partial charge in [0.25, 0.3) is 11.1 Å². The third-order valence-corrected chi connectivity index (χ3v) is 3.15. The molecule has 1 rings (SSSR count). The molecule has 0 saturated carbocycles. The van der Waals surface area contributed by atoms with Crippen molar-refractivity contribution in [1.29, 1.82) is 0 Å². The Balaban J connectivity index is 0. The Morgan fingerprint density at radius 1 is 0.708 bits per heavy atom. The maximum Gasteiger partial charge on any atom is 0.254 e. The van der Waals surface area contributed by atoms with E-state index in [0.717, 1.165) is 22.6 Å². The maximum absolute atomic E-state index is 12.1. The van der Waals surface area contributed by atoms with Crippen LogP contribution in [0.3, 0.4) is 0 Å². The van der Waals surface area contributed by atoms with Crippen LogP contribution in [-0.4, -0.2) is 4.98 Å². The fourth-order valence-corrected chi connectivity index (χ4v) is 2.41. The molecule has 0 aromatic carbocycles. The zero-order valence-corrected chi connectivity index (χ0v) is 17.7. The van der Waals surface area contributed by atoms with Gasteiger partial charge >= 0.3 is 0 Å². The van der Waals surface area contributed by atoms with E-state index in [1.165, 1.54) is 0 Å². The fraction of sp³-hybridized carbons (Fsp3) is 0.714. The van der Waals surface area contributed by atoms with Crippen molar-refractivity contribution in [3.05, 3.63) is 43.5 Å². The third-order valence-electron chi connectivity index (χ3n) is 3.15. The van der Waals surface area contributed by atoms with Gasteiger partial charge in [0.1, 0.15) is 0 Å². The van der Waals surface area contributed by atoms with E-state index in [1.807, 2.05) is 27.7 Å².